The molecule has 0 aliphatic heterocycles. The first-order chi connectivity index (χ1) is 8.79. The fourth-order valence-electron chi connectivity index (χ4n) is 1.74. The number of hydrogen-bond acceptors (Lipinski definition) is 3. The van der Waals surface area contributed by atoms with E-state index in [4.69, 9.17) is 4.74 Å². The first kappa shape index (κ1) is 12.5. The van der Waals surface area contributed by atoms with Crippen LogP contribution < -0.4 is 10.1 Å². The van der Waals surface area contributed by atoms with E-state index in [-0.39, 0.29) is 6.04 Å². The lowest BCUT2D eigenvalue weighted by atomic mass is 10.1. The van der Waals surface area contributed by atoms with Crippen LogP contribution in [0.2, 0.25) is 0 Å². The van der Waals surface area contributed by atoms with Crippen LogP contribution in [-0.2, 0) is 0 Å². The maximum absolute atomic E-state index is 5.56. The number of benzene rings is 1. The quantitative estimate of drug-likeness (QED) is 0.820. The Hall–Kier alpha value is -1.97. The minimum atomic E-state index is 0.239. The summed E-state index contributed by atoms with van der Waals surface area (Å²) in [4.78, 5) is 0. The molecule has 0 spiro atoms. The number of rotatable bonds is 6. The van der Waals surface area contributed by atoms with Gasteiger partial charge in [0.1, 0.15) is 5.75 Å². The van der Waals surface area contributed by atoms with E-state index in [0.29, 0.717) is 0 Å². The summed E-state index contributed by atoms with van der Waals surface area (Å²) < 4.78 is 5.56. The summed E-state index contributed by atoms with van der Waals surface area (Å²) in [6, 6.07) is 8.44. The molecular formula is C14H19N3O. The van der Waals surface area contributed by atoms with Gasteiger partial charge in [0.15, 0.2) is 0 Å². The second kappa shape index (κ2) is 6.10. The highest BCUT2D eigenvalue weighted by molar-refractivity contribution is 5.41. The average molecular weight is 245 g/mol. The summed E-state index contributed by atoms with van der Waals surface area (Å²) in [5, 5.41) is 10.1. The Bertz CT molecular complexity index is 450. The highest BCUT2D eigenvalue weighted by atomic mass is 16.5. The zero-order valence-electron chi connectivity index (χ0n) is 10.8. The van der Waals surface area contributed by atoms with Gasteiger partial charge >= 0.3 is 0 Å². The van der Waals surface area contributed by atoms with Gasteiger partial charge < -0.3 is 10.1 Å². The molecule has 0 bridgehead atoms. The largest absolute Gasteiger partial charge is 0.494 e. The number of nitrogens with one attached hydrogen (secondary N) is 2. The van der Waals surface area contributed by atoms with Crippen molar-refractivity contribution in [3.63, 3.8) is 0 Å². The molecule has 0 aliphatic rings. The third-order valence-corrected chi connectivity index (χ3v) is 2.73. The van der Waals surface area contributed by atoms with Crippen LogP contribution in [0.3, 0.4) is 0 Å². The molecule has 0 radical (unpaired) electrons. The van der Waals surface area contributed by atoms with Crippen LogP contribution >= 0.6 is 0 Å². The average Bonchev–Trinajstić information content (AvgIpc) is 2.89. The standard InChI is InChI=1S/C14H19N3O/c1-3-8-18-14-6-4-12(5-7-14)11(2)17-13-9-15-16-10-13/h4-7,9-11,17H,3,8H2,1-2H3,(H,15,16). The van der Waals surface area contributed by atoms with Crippen molar-refractivity contribution in [1.82, 2.24) is 10.2 Å². The van der Waals surface area contributed by atoms with Crippen molar-refractivity contribution in [3.8, 4) is 5.75 Å². The van der Waals surface area contributed by atoms with Crippen LogP contribution in [0.25, 0.3) is 0 Å². The first-order valence-electron chi connectivity index (χ1n) is 6.27. The zero-order chi connectivity index (χ0) is 12.8. The molecule has 18 heavy (non-hydrogen) atoms. The predicted octanol–water partition coefficient (Wildman–Crippen LogP) is 3.37. The Morgan fingerprint density at radius 2 is 2.11 bits per heavy atom. The van der Waals surface area contributed by atoms with E-state index in [9.17, 15) is 0 Å². The highest BCUT2D eigenvalue weighted by Gasteiger charge is 2.05. The van der Waals surface area contributed by atoms with Gasteiger partial charge in [0, 0.05) is 12.2 Å². The predicted molar refractivity (Wildman–Crippen MR) is 72.9 cm³/mol. The van der Waals surface area contributed by atoms with E-state index < -0.39 is 0 Å². The molecule has 0 fully saturated rings. The summed E-state index contributed by atoms with van der Waals surface area (Å²) in [5.74, 6) is 0.927. The van der Waals surface area contributed by atoms with Gasteiger partial charge in [-0.05, 0) is 31.0 Å². The maximum atomic E-state index is 5.56. The number of H-pyrrole nitrogens is 1. The van der Waals surface area contributed by atoms with Crippen molar-refractivity contribution < 1.29 is 4.74 Å². The number of ether oxygens (including phenoxy) is 1. The van der Waals surface area contributed by atoms with E-state index in [1.54, 1.807) is 6.20 Å². The zero-order valence-corrected chi connectivity index (χ0v) is 10.8. The number of nitrogens with zero attached hydrogens (tertiary/aromatic N) is 1. The third kappa shape index (κ3) is 3.26. The number of aromatic amines is 1. The summed E-state index contributed by atoms with van der Waals surface area (Å²) >= 11 is 0. The smallest absolute Gasteiger partial charge is 0.119 e. The van der Waals surface area contributed by atoms with E-state index in [1.807, 2.05) is 18.3 Å². The van der Waals surface area contributed by atoms with Crippen LogP contribution in [-0.4, -0.2) is 16.8 Å². The van der Waals surface area contributed by atoms with Gasteiger partial charge in [-0.25, -0.2) is 0 Å². The van der Waals surface area contributed by atoms with Gasteiger partial charge in [-0.1, -0.05) is 19.1 Å². The van der Waals surface area contributed by atoms with Gasteiger partial charge in [-0.15, -0.1) is 0 Å². The molecular weight excluding hydrogens is 226 g/mol. The lowest BCUT2D eigenvalue weighted by Gasteiger charge is -2.14. The molecule has 1 atom stereocenters. The summed E-state index contributed by atoms with van der Waals surface area (Å²) in [7, 11) is 0. The van der Waals surface area contributed by atoms with Crippen LogP contribution in [0.15, 0.2) is 36.7 Å². The Morgan fingerprint density at radius 1 is 1.33 bits per heavy atom. The lowest BCUT2D eigenvalue weighted by Crippen LogP contribution is -2.05. The molecule has 96 valence electrons. The van der Waals surface area contributed by atoms with Gasteiger partial charge in [-0.2, -0.15) is 5.10 Å². The van der Waals surface area contributed by atoms with E-state index in [2.05, 4.69) is 41.5 Å². The van der Waals surface area contributed by atoms with Crippen molar-refractivity contribution in [2.24, 2.45) is 0 Å². The van der Waals surface area contributed by atoms with Gasteiger partial charge in [0.2, 0.25) is 0 Å². The fourth-order valence-corrected chi connectivity index (χ4v) is 1.74. The van der Waals surface area contributed by atoms with E-state index in [1.165, 1.54) is 5.56 Å². The van der Waals surface area contributed by atoms with Crippen molar-refractivity contribution >= 4 is 5.69 Å². The molecule has 1 aromatic carbocycles. The topological polar surface area (TPSA) is 49.9 Å². The number of hydrogen-bond donors (Lipinski definition) is 2. The lowest BCUT2D eigenvalue weighted by molar-refractivity contribution is 0.317. The van der Waals surface area contributed by atoms with Crippen molar-refractivity contribution in [3.05, 3.63) is 42.2 Å². The molecule has 2 rings (SSSR count). The normalized spacial score (nSPS) is 12.1. The monoisotopic (exact) mass is 245 g/mol. The van der Waals surface area contributed by atoms with Crippen molar-refractivity contribution in [2.45, 2.75) is 26.3 Å². The SMILES string of the molecule is CCCOc1ccc(C(C)Nc2cn[nH]c2)cc1. The fraction of sp³-hybridized carbons (Fsp3) is 0.357. The highest BCUT2D eigenvalue weighted by Crippen LogP contribution is 2.21. The molecule has 4 nitrogen and oxygen atoms in total. The second-order valence-electron chi connectivity index (χ2n) is 4.27. The number of aromatic nitrogens is 2. The molecule has 0 aliphatic carbocycles. The molecule has 0 saturated heterocycles. The molecule has 1 heterocycles. The maximum Gasteiger partial charge on any atom is 0.119 e. The number of anilines is 1. The Balaban J connectivity index is 1.96. The molecule has 2 N–H and O–H groups in total. The van der Waals surface area contributed by atoms with Crippen LogP contribution in [0.4, 0.5) is 5.69 Å². The van der Waals surface area contributed by atoms with Gasteiger partial charge in [0.25, 0.3) is 0 Å². The Labute approximate surface area is 107 Å². The summed E-state index contributed by atoms with van der Waals surface area (Å²) in [6.45, 7) is 4.99. The summed E-state index contributed by atoms with van der Waals surface area (Å²) in [6.07, 6.45) is 4.64. The molecule has 2 aromatic rings. The van der Waals surface area contributed by atoms with Crippen molar-refractivity contribution in [1.29, 1.82) is 0 Å². The molecule has 1 unspecified atom stereocenters. The molecule has 1 aromatic heterocycles. The Morgan fingerprint density at radius 3 is 2.72 bits per heavy atom. The van der Waals surface area contributed by atoms with Gasteiger partial charge in [0.05, 0.1) is 18.5 Å². The first-order valence-corrected chi connectivity index (χ1v) is 6.27. The second-order valence-corrected chi connectivity index (χ2v) is 4.27. The van der Waals surface area contributed by atoms with Crippen LogP contribution in [0.1, 0.15) is 31.9 Å². The van der Waals surface area contributed by atoms with Crippen LogP contribution in [0.5, 0.6) is 5.75 Å². The third-order valence-electron chi connectivity index (χ3n) is 2.73. The minimum absolute atomic E-state index is 0.239. The van der Waals surface area contributed by atoms with Gasteiger partial charge in [-0.3, -0.25) is 5.10 Å². The summed E-state index contributed by atoms with van der Waals surface area (Å²) in [5.41, 5.74) is 2.22. The van der Waals surface area contributed by atoms with E-state index in [0.717, 1.165) is 24.5 Å². The minimum Gasteiger partial charge on any atom is -0.494 e. The van der Waals surface area contributed by atoms with E-state index >= 15 is 0 Å². The van der Waals surface area contributed by atoms with Crippen molar-refractivity contribution in [2.75, 3.05) is 11.9 Å². The Kier molecular flexibility index (Phi) is 4.23. The molecule has 0 saturated carbocycles. The molecule has 0 amide bonds. The molecule has 4 heteroatoms. The van der Waals surface area contributed by atoms with Crippen LogP contribution in [0, 0.1) is 0 Å².